The highest BCUT2D eigenvalue weighted by atomic mass is 16.5. The van der Waals surface area contributed by atoms with Crippen LogP contribution in [-0.4, -0.2) is 24.4 Å². The first kappa shape index (κ1) is 13.9. The quantitative estimate of drug-likeness (QED) is 0.891. The summed E-state index contributed by atoms with van der Waals surface area (Å²) in [6, 6.07) is 5.06. The fourth-order valence-electron chi connectivity index (χ4n) is 3.37. The second kappa shape index (κ2) is 6.15. The SMILES string of the molecule is CC(CO)NC1CCCOc2cc3c(cc21)CCCC3. The second-order valence-electron chi connectivity index (χ2n) is 6.16. The summed E-state index contributed by atoms with van der Waals surface area (Å²) in [4.78, 5) is 0. The Bertz CT molecular complexity index is 472. The lowest BCUT2D eigenvalue weighted by Crippen LogP contribution is -2.33. The third-order valence-corrected chi connectivity index (χ3v) is 4.50. The Morgan fingerprint density at radius 2 is 2.00 bits per heavy atom. The Hall–Kier alpha value is -1.06. The van der Waals surface area contributed by atoms with Gasteiger partial charge in [-0.2, -0.15) is 0 Å². The van der Waals surface area contributed by atoms with Crippen molar-refractivity contribution in [1.29, 1.82) is 0 Å². The Kier molecular flexibility index (Phi) is 4.27. The highest BCUT2D eigenvalue weighted by Crippen LogP contribution is 2.36. The van der Waals surface area contributed by atoms with Gasteiger partial charge < -0.3 is 15.2 Å². The Morgan fingerprint density at radius 3 is 2.75 bits per heavy atom. The molecule has 1 aliphatic heterocycles. The number of hydrogen-bond acceptors (Lipinski definition) is 3. The molecule has 1 aliphatic carbocycles. The van der Waals surface area contributed by atoms with Gasteiger partial charge in [0, 0.05) is 17.6 Å². The molecular formula is C17H25NO2. The topological polar surface area (TPSA) is 41.5 Å². The molecule has 0 spiro atoms. The van der Waals surface area contributed by atoms with E-state index in [1.54, 1.807) is 0 Å². The van der Waals surface area contributed by atoms with Gasteiger partial charge in [0.2, 0.25) is 0 Å². The lowest BCUT2D eigenvalue weighted by atomic mass is 9.88. The minimum atomic E-state index is 0.127. The molecule has 0 saturated carbocycles. The molecule has 3 heteroatoms. The van der Waals surface area contributed by atoms with Crippen LogP contribution in [-0.2, 0) is 12.8 Å². The monoisotopic (exact) mass is 275 g/mol. The largest absolute Gasteiger partial charge is 0.493 e. The molecule has 1 heterocycles. The van der Waals surface area contributed by atoms with Crippen molar-refractivity contribution < 1.29 is 9.84 Å². The maximum atomic E-state index is 9.28. The molecule has 0 amide bonds. The van der Waals surface area contributed by atoms with E-state index in [2.05, 4.69) is 17.4 Å². The van der Waals surface area contributed by atoms with Gasteiger partial charge in [-0.25, -0.2) is 0 Å². The minimum Gasteiger partial charge on any atom is -0.493 e. The number of aliphatic hydroxyl groups is 1. The highest BCUT2D eigenvalue weighted by Gasteiger charge is 2.23. The van der Waals surface area contributed by atoms with E-state index >= 15 is 0 Å². The third-order valence-electron chi connectivity index (χ3n) is 4.50. The fraction of sp³-hybridized carbons (Fsp3) is 0.647. The van der Waals surface area contributed by atoms with Crippen molar-refractivity contribution in [3.63, 3.8) is 0 Å². The zero-order valence-electron chi connectivity index (χ0n) is 12.3. The molecule has 0 radical (unpaired) electrons. The lowest BCUT2D eigenvalue weighted by molar-refractivity contribution is 0.238. The van der Waals surface area contributed by atoms with E-state index in [9.17, 15) is 5.11 Å². The van der Waals surface area contributed by atoms with Crippen LogP contribution in [0.4, 0.5) is 0 Å². The average Bonchev–Trinajstić information content (AvgIpc) is 2.67. The van der Waals surface area contributed by atoms with Crippen molar-refractivity contribution >= 4 is 0 Å². The first-order chi connectivity index (χ1) is 9.78. The molecule has 20 heavy (non-hydrogen) atoms. The summed E-state index contributed by atoms with van der Waals surface area (Å²) in [5.41, 5.74) is 4.28. The third kappa shape index (κ3) is 2.84. The van der Waals surface area contributed by atoms with E-state index in [0.717, 1.165) is 25.2 Å². The van der Waals surface area contributed by atoms with Crippen molar-refractivity contribution in [3.05, 3.63) is 28.8 Å². The Morgan fingerprint density at radius 1 is 1.25 bits per heavy atom. The number of hydrogen-bond donors (Lipinski definition) is 2. The maximum absolute atomic E-state index is 9.28. The first-order valence-electron chi connectivity index (χ1n) is 7.93. The Balaban J connectivity index is 1.93. The zero-order chi connectivity index (χ0) is 13.9. The van der Waals surface area contributed by atoms with E-state index < -0.39 is 0 Å². The molecule has 3 rings (SSSR count). The van der Waals surface area contributed by atoms with E-state index in [4.69, 9.17) is 4.74 Å². The van der Waals surface area contributed by atoms with Gasteiger partial charge in [0.25, 0.3) is 0 Å². The number of rotatable bonds is 3. The van der Waals surface area contributed by atoms with E-state index in [-0.39, 0.29) is 12.6 Å². The van der Waals surface area contributed by atoms with Gasteiger partial charge in [-0.1, -0.05) is 6.07 Å². The lowest BCUT2D eigenvalue weighted by Gasteiger charge is -2.25. The molecule has 1 aromatic rings. The summed E-state index contributed by atoms with van der Waals surface area (Å²) in [5.74, 6) is 1.06. The van der Waals surface area contributed by atoms with Gasteiger partial charge in [-0.05, 0) is 62.6 Å². The average molecular weight is 275 g/mol. The molecule has 1 aromatic carbocycles. The van der Waals surface area contributed by atoms with E-state index in [1.807, 2.05) is 6.92 Å². The number of benzene rings is 1. The van der Waals surface area contributed by atoms with Crippen LogP contribution in [0.2, 0.25) is 0 Å². The van der Waals surface area contributed by atoms with Crippen molar-refractivity contribution in [2.75, 3.05) is 13.2 Å². The molecule has 0 saturated heterocycles. The van der Waals surface area contributed by atoms with Gasteiger partial charge in [0.1, 0.15) is 5.75 Å². The molecule has 0 fully saturated rings. The summed E-state index contributed by atoms with van der Waals surface area (Å²) in [5, 5.41) is 12.8. The van der Waals surface area contributed by atoms with Crippen LogP contribution >= 0.6 is 0 Å². The zero-order valence-corrected chi connectivity index (χ0v) is 12.3. The molecule has 110 valence electrons. The summed E-state index contributed by atoms with van der Waals surface area (Å²) < 4.78 is 5.96. The number of fused-ring (bicyclic) bond motifs is 2. The molecule has 2 N–H and O–H groups in total. The van der Waals surface area contributed by atoms with Crippen LogP contribution in [0.3, 0.4) is 0 Å². The molecule has 2 unspecified atom stereocenters. The second-order valence-corrected chi connectivity index (χ2v) is 6.16. The summed E-state index contributed by atoms with van der Waals surface area (Å²) >= 11 is 0. The highest BCUT2D eigenvalue weighted by molar-refractivity contribution is 5.46. The van der Waals surface area contributed by atoms with Gasteiger partial charge in [-0.3, -0.25) is 0 Å². The van der Waals surface area contributed by atoms with Crippen LogP contribution in [0.15, 0.2) is 12.1 Å². The normalized spacial score (nSPS) is 23.2. The molecule has 0 bridgehead atoms. The van der Waals surface area contributed by atoms with Crippen molar-refractivity contribution in [2.24, 2.45) is 0 Å². The van der Waals surface area contributed by atoms with Crippen LogP contribution in [0.5, 0.6) is 5.75 Å². The van der Waals surface area contributed by atoms with Gasteiger partial charge in [0.05, 0.1) is 13.2 Å². The smallest absolute Gasteiger partial charge is 0.124 e. The van der Waals surface area contributed by atoms with Crippen molar-refractivity contribution in [2.45, 2.75) is 57.5 Å². The number of aliphatic hydroxyl groups excluding tert-OH is 1. The molecule has 3 nitrogen and oxygen atoms in total. The molecule has 2 aliphatic rings. The van der Waals surface area contributed by atoms with Crippen LogP contribution < -0.4 is 10.1 Å². The van der Waals surface area contributed by atoms with Gasteiger partial charge in [-0.15, -0.1) is 0 Å². The first-order valence-corrected chi connectivity index (χ1v) is 7.93. The molecule has 2 atom stereocenters. The summed E-state index contributed by atoms with van der Waals surface area (Å²) in [7, 11) is 0. The number of nitrogens with one attached hydrogen (secondary N) is 1. The minimum absolute atomic E-state index is 0.127. The maximum Gasteiger partial charge on any atom is 0.124 e. The number of aryl methyl sites for hydroxylation is 2. The summed E-state index contributed by atoms with van der Waals surface area (Å²) in [6.07, 6.45) is 7.14. The predicted octanol–water partition coefficient (Wildman–Crippen LogP) is 2.75. The fourth-order valence-corrected chi connectivity index (χ4v) is 3.37. The standard InChI is InChI=1S/C17H25NO2/c1-12(11-19)18-16-7-4-8-20-17-10-14-6-3-2-5-13(14)9-15(16)17/h9-10,12,16,18-19H,2-8,11H2,1H3. The van der Waals surface area contributed by atoms with Gasteiger partial charge in [0.15, 0.2) is 0 Å². The van der Waals surface area contributed by atoms with Crippen LogP contribution in [0, 0.1) is 0 Å². The van der Waals surface area contributed by atoms with E-state index in [1.165, 1.54) is 42.4 Å². The van der Waals surface area contributed by atoms with Crippen LogP contribution in [0.25, 0.3) is 0 Å². The van der Waals surface area contributed by atoms with Crippen molar-refractivity contribution in [1.82, 2.24) is 5.32 Å². The molecule has 0 aromatic heterocycles. The number of ether oxygens (including phenoxy) is 1. The molecular weight excluding hydrogens is 250 g/mol. The van der Waals surface area contributed by atoms with Gasteiger partial charge >= 0.3 is 0 Å². The summed E-state index contributed by atoms with van der Waals surface area (Å²) in [6.45, 7) is 3.01. The van der Waals surface area contributed by atoms with E-state index in [0.29, 0.717) is 6.04 Å². The Labute approximate surface area is 121 Å². The van der Waals surface area contributed by atoms with Crippen LogP contribution in [0.1, 0.15) is 55.3 Å². The van der Waals surface area contributed by atoms with Crippen molar-refractivity contribution in [3.8, 4) is 5.75 Å². The predicted molar refractivity (Wildman–Crippen MR) is 80.2 cm³/mol.